The van der Waals surface area contributed by atoms with Gasteiger partial charge < -0.3 is 4.74 Å². The zero-order valence-corrected chi connectivity index (χ0v) is 19.7. The van der Waals surface area contributed by atoms with E-state index in [9.17, 15) is 26.4 Å². The number of esters is 1. The number of carbonyl (C=O) groups excluding carboxylic acids is 1. The Morgan fingerprint density at radius 3 is 1.48 bits per heavy atom. The largest absolute Gasteiger partial charge is 0.452 e. The summed E-state index contributed by atoms with van der Waals surface area (Å²) in [6, 6.07) is 0. The van der Waals surface area contributed by atoms with Crippen LogP contribution in [0.3, 0.4) is 0 Å². The molecule has 5 nitrogen and oxygen atoms in total. The third-order valence-electron chi connectivity index (χ3n) is 5.37. The molecule has 0 radical (unpaired) electrons. The van der Waals surface area contributed by atoms with E-state index in [1.54, 1.807) is 0 Å². The second-order valence-corrected chi connectivity index (χ2v) is 9.72. The Morgan fingerprint density at radius 1 is 0.806 bits per heavy atom. The molecule has 0 spiro atoms. The number of carbonyl (C=O) groups is 1. The summed E-state index contributed by atoms with van der Waals surface area (Å²) >= 11 is 0. The maximum absolute atomic E-state index is 13.3. The van der Waals surface area contributed by atoms with Gasteiger partial charge in [0.05, 0.1) is 0 Å². The summed E-state index contributed by atoms with van der Waals surface area (Å²) in [6.45, 7) is 0.323. The number of hydrogen-bond acceptors (Lipinski definition) is 4. The molecule has 0 aliphatic rings. The lowest BCUT2D eigenvalue weighted by atomic mass is 10.0. The molecule has 0 fully saturated rings. The van der Waals surface area contributed by atoms with Gasteiger partial charge in [-0.2, -0.15) is 17.2 Å². The summed E-state index contributed by atoms with van der Waals surface area (Å²) in [6.07, 6.45) is 15.5. The van der Waals surface area contributed by atoms with Crippen LogP contribution in [-0.2, 0) is 19.6 Å². The van der Waals surface area contributed by atoms with Crippen LogP contribution in [-0.4, -0.2) is 37.0 Å². The van der Waals surface area contributed by atoms with Crippen LogP contribution in [0.2, 0.25) is 0 Å². The number of rotatable bonds is 21. The fraction of sp³-hybridized carbons (Fsp3) is 0.955. The average molecular weight is 475 g/mol. The van der Waals surface area contributed by atoms with Crippen molar-refractivity contribution in [1.29, 1.82) is 0 Å². The monoisotopic (exact) mass is 474 g/mol. The van der Waals surface area contributed by atoms with Crippen LogP contribution in [0, 0.1) is 0 Å². The molecule has 1 unspecified atom stereocenters. The molecule has 0 aromatic carbocycles. The normalized spacial score (nSPS) is 13.3. The van der Waals surface area contributed by atoms with E-state index in [0.29, 0.717) is 12.8 Å². The average Bonchev–Trinajstić information content (AvgIpc) is 2.70. The molecular formula is C22H41F3O5S. The molecule has 0 bridgehead atoms. The molecule has 31 heavy (non-hydrogen) atoms. The highest BCUT2D eigenvalue weighted by molar-refractivity contribution is 7.86. The van der Waals surface area contributed by atoms with Crippen LogP contribution in [0.15, 0.2) is 0 Å². The number of alkyl halides is 3. The van der Waals surface area contributed by atoms with Crippen LogP contribution >= 0.6 is 0 Å². The second-order valence-electron chi connectivity index (χ2n) is 8.22. The Hall–Kier alpha value is -0.830. The van der Waals surface area contributed by atoms with Crippen LogP contribution in [0.4, 0.5) is 13.2 Å². The minimum Gasteiger partial charge on any atom is -0.452 e. The van der Waals surface area contributed by atoms with Gasteiger partial charge in [-0.1, -0.05) is 103 Å². The molecular weight excluding hydrogens is 433 g/mol. The van der Waals surface area contributed by atoms with Gasteiger partial charge in [0, 0.05) is 6.42 Å². The summed E-state index contributed by atoms with van der Waals surface area (Å²) in [7, 11) is -5.86. The van der Waals surface area contributed by atoms with Crippen molar-refractivity contribution in [2.75, 3.05) is 6.67 Å². The van der Waals surface area contributed by atoms with Crippen molar-refractivity contribution in [2.24, 2.45) is 0 Å². The van der Waals surface area contributed by atoms with Gasteiger partial charge >= 0.3 is 21.3 Å². The minimum absolute atomic E-state index is 0.198. The lowest BCUT2D eigenvalue weighted by Gasteiger charge is -2.21. The molecule has 186 valence electrons. The van der Waals surface area contributed by atoms with Crippen molar-refractivity contribution in [3.63, 3.8) is 0 Å². The lowest BCUT2D eigenvalue weighted by Crippen LogP contribution is -2.45. The summed E-state index contributed by atoms with van der Waals surface area (Å²) in [5, 5.41) is -4.87. The van der Waals surface area contributed by atoms with Gasteiger partial charge in [-0.05, 0) is 6.42 Å². The highest BCUT2D eigenvalue weighted by Crippen LogP contribution is 2.28. The fourth-order valence-electron chi connectivity index (χ4n) is 3.39. The van der Waals surface area contributed by atoms with Gasteiger partial charge in [-0.25, -0.2) is 4.39 Å². The van der Waals surface area contributed by atoms with Crippen LogP contribution in [0.5, 0.6) is 0 Å². The molecule has 1 atom stereocenters. The van der Waals surface area contributed by atoms with Crippen molar-refractivity contribution < 1.29 is 35.7 Å². The molecule has 0 amide bonds. The Morgan fingerprint density at radius 2 is 1.16 bits per heavy atom. The fourth-order valence-corrected chi connectivity index (χ4v) is 3.83. The maximum Gasteiger partial charge on any atom is 0.408 e. The van der Waals surface area contributed by atoms with E-state index in [2.05, 4.69) is 11.7 Å². The summed E-state index contributed by atoms with van der Waals surface area (Å²) < 4.78 is 73.2. The molecule has 0 rings (SSSR count). The predicted molar refractivity (Wildman–Crippen MR) is 117 cm³/mol. The van der Waals surface area contributed by atoms with Crippen molar-refractivity contribution in [3.05, 3.63) is 0 Å². The lowest BCUT2D eigenvalue weighted by molar-refractivity contribution is -0.163. The Bertz CT molecular complexity index is 555. The Balaban J connectivity index is 3.59. The summed E-state index contributed by atoms with van der Waals surface area (Å²) in [5.74, 6) is -1.10. The molecule has 0 saturated carbocycles. The molecule has 0 aliphatic carbocycles. The van der Waals surface area contributed by atoms with Gasteiger partial charge in [0.25, 0.3) is 0 Å². The van der Waals surface area contributed by atoms with Crippen molar-refractivity contribution in [3.8, 4) is 0 Å². The number of halogens is 3. The Kier molecular flexibility index (Phi) is 17.2. The highest BCUT2D eigenvalue weighted by atomic mass is 32.2. The van der Waals surface area contributed by atoms with E-state index < -0.39 is 34.1 Å². The summed E-state index contributed by atoms with van der Waals surface area (Å²) in [4.78, 5) is 11.5. The van der Waals surface area contributed by atoms with E-state index in [4.69, 9.17) is 4.55 Å². The van der Waals surface area contributed by atoms with Gasteiger partial charge in [0.1, 0.15) is 6.67 Å². The number of ether oxygens (including phenoxy) is 1. The maximum atomic E-state index is 13.3. The predicted octanol–water partition coefficient (Wildman–Crippen LogP) is 7.00. The molecule has 0 heterocycles. The van der Waals surface area contributed by atoms with Gasteiger partial charge in [-0.15, -0.1) is 0 Å². The first kappa shape index (κ1) is 30.2. The molecule has 0 aromatic heterocycles. The first-order chi connectivity index (χ1) is 14.7. The highest BCUT2D eigenvalue weighted by Gasteiger charge is 2.54. The standard InChI is InChI=1S/C22H41F3O5S/c1-2-3-4-5-6-7-8-9-10-11-12-13-14-15-16-17-18-21(26)30-20(19-23)22(24,25)31(27,28)29/h20H,2-19H2,1H3,(H,27,28,29). The topological polar surface area (TPSA) is 80.7 Å². The van der Waals surface area contributed by atoms with Gasteiger partial charge in [-0.3, -0.25) is 9.35 Å². The number of unbranched alkanes of at least 4 members (excludes halogenated alkanes) is 15. The zero-order valence-electron chi connectivity index (χ0n) is 18.9. The Labute approximate surface area is 186 Å². The van der Waals surface area contributed by atoms with E-state index in [1.807, 2.05) is 0 Å². The van der Waals surface area contributed by atoms with Crippen LogP contribution < -0.4 is 0 Å². The number of hydrogen-bond donors (Lipinski definition) is 1. The van der Waals surface area contributed by atoms with Crippen molar-refractivity contribution >= 4 is 16.1 Å². The third-order valence-corrected chi connectivity index (χ3v) is 6.32. The smallest absolute Gasteiger partial charge is 0.408 e. The van der Waals surface area contributed by atoms with E-state index in [-0.39, 0.29) is 6.42 Å². The summed E-state index contributed by atoms with van der Waals surface area (Å²) in [5.41, 5.74) is 0. The first-order valence-electron chi connectivity index (χ1n) is 11.8. The van der Waals surface area contributed by atoms with E-state index in [1.165, 1.54) is 70.6 Å². The zero-order chi connectivity index (χ0) is 23.6. The molecule has 0 aromatic rings. The van der Waals surface area contributed by atoms with E-state index >= 15 is 0 Å². The van der Waals surface area contributed by atoms with E-state index in [0.717, 1.165) is 19.3 Å². The molecule has 1 N–H and O–H groups in total. The second kappa shape index (κ2) is 17.7. The van der Waals surface area contributed by atoms with Gasteiger partial charge in [0.15, 0.2) is 0 Å². The molecule has 0 saturated heterocycles. The van der Waals surface area contributed by atoms with Gasteiger partial charge in [0.2, 0.25) is 6.10 Å². The third kappa shape index (κ3) is 14.8. The quantitative estimate of drug-likeness (QED) is 0.110. The molecule has 0 aliphatic heterocycles. The van der Waals surface area contributed by atoms with Crippen LogP contribution in [0.25, 0.3) is 0 Å². The first-order valence-corrected chi connectivity index (χ1v) is 13.2. The van der Waals surface area contributed by atoms with Crippen molar-refractivity contribution in [1.82, 2.24) is 0 Å². The SMILES string of the molecule is CCCCCCCCCCCCCCCCCCC(=O)OC(CF)C(F)(F)S(=O)(=O)O. The van der Waals surface area contributed by atoms with Crippen molar-refractivity contribution in [2.45, 2.75) is 127 Å². The van der Waals surface area contributed by atoms with Crippen LogP contribution in [0.1, 0.15) is 116 Å². The molecule has 9 heteroatoms. The minimum atomic E-state index is -5.86.